The van der Waals surface area contributed by atoms with Crippen molar-refractivity contribution >= 4 is 0 Å². The third-order valence-electron chi connectivity index (χ3n) is 5.08. The van der Waals surface area contributed by atoms with E-state index in [2.05, 4.69) is 37.9 Å². The SMILES string of the molecule is CCC1CCCC1NC1CCN(C(C)(C)C)CC1. The Balaban J connectivity index is 1.77. The van der Waals surface area contributed by atoms with Crippen LogP contribution in [-0.4, -0.2) is 35.6 Å². The van der Waals surface area contributed by atoms with Crippen LogP contribution in [0.25, 0.3) is 0 Å². The number of hydrogen-bond donors (Lipinski definition) is 1. The van der Waals surface area contributed by atoms with Crippen LogP contribution in [0.2, 0.25) is 0 Å². The molecule has 2 fully saturated rings. The molecule has 0 bridgehead atoms. The minimum Gasteiger partial charge on any atom is -0.311 e. The summed E-state index contributed by atoms with van der Waals surface area (Å²) in [6.07, 6.45) is 8.34. The van der Waals surface area contributed by atoms with Crippen molar-refractivity contribution in [3.63, 3.8) is 0 Å². The van der Waals surface area contributed by atoms with Gasteiger partial charge < -0.3 is 5.32 Å². The highest BCUT2D eigenvalue weighted by Crippen LogP contribution is 2.29. The van der Waals surface area contributed by atoms with E-state index in [0.717, 1.165) is 18.0 Å². The Morgan fingerprint density at radius 3 is 2.28 bits per heavy atom. The van der Waals surface area contributed by atoms with Crippen molar-refractivity contribution in [2.24, 2.45) is 5.92 Å². The molecule has 18 heavy (non-hydrogen) atoms. The summed E-state index contributed by atoms with van der Waals surface area (Å²) in [7, 11) is 0. The van der Waals surface area contributed by atoms with E-state index < -0.39 is 0 Å². The Labute approximate surface area is 114 Å². The summed E-state index contributed by atoms with van der Waals surface area (Å²) in [5.41, 5.74) is 0.351. The van der Waals surface area contributed by atoms with Gasteiger partial charge in [0.2, 0.25) is 0 Å². The number of piperidine rings is 1. The fourth-order valence-electron chi connectivity index (χ4n) is 3.76. The van der Waals surface area contributed by atoms with E-state index in [1.165, 1.54) is 51.6 Å². The lowest BCUT2D eigenvalue weighted by molar-refractivity contribution is 0.0922. The molecule has 1 N–H and O–H groups in total. The number of nitrogens with one attached hydrogen (secondary N) is 1. The van der Waals surface area contributed by atoms with Gasteiger partial charge in [0, 0.05) is 30.7 Å². The average Bonchev–Trinajstić information content (AvgIpc) is 2.76. The average molecular weight is 252 g/mol. The van der Waals surface area contributed by atoms with Crippen molar-refractivity contribution in [1.82, 2.24) is 10.2 Å². The molecule has 1 aliphatic carbocycles. The fourth-order valence-corrected chi connectivity index (χ4v) is 3.76. The Morgan fingerprint density at radius 2 is 1.72 bits per heavy atom. The van der Waals surface area contributed by atoms with Crippen LogP contribution in [0.5, 0.6) is 0 Å². The zero-order chi connectivity index (χ0) is 13.2. The van der Waals surface area contributed by atoms with Crippen molar-refractivity contribution in [3.05, 3.63) is 0 Å². The Hall–Kier alpha value is -0.0800. The number of nitrogens with zero attached hydrogens (tertiary/aromatic N) is 1. The van der Waals surface area contributed by atoms with Gasteiger partial charge in [-0.1, -0.05) is 19.8 Å². The van der Waals surface area contributed by atoms with Gasteiger partial charge in [-0.2, -0.15) is 0 Å². The quantitative estimate of drug-likeness (QED) is 0.828. The van der Waals surface area contributed by atoms with Crippen LogP contribution in [0.4, 0.5) is 0 Å². The van der Waals surface area contributed by atoms with Crippen molar-refractivity contribution in [2.75, 3.05) is 13.1 Å². The van der Waals surface area contributed by atoms with Gasteiger partial charge in [0.1, 0.15) is 0 Å². The molecule has 0 amide bonds. The van der Waals surface area contributed by atoms with Gasteiger partial charge in [-0.15, -0.1) is 0 Å². The molecule has 0 aromatic carbocycles. The molecule has 1 heterocycles. The summed E-state index contributed by atoms with van der Waals surface area (Å²) in [4.78, 5) is 2.64. The summed E-state index contributed by atoms with van der Waals surface area (Å²) in [5.74, 6) is 0.950. The van der Waals surface area contributed by atoms with Crippen LogP contribution in [0.1, 0.15) is 66.2 Å². The van der Waals surface area contributed by atoms with E-state index >= 15 is 0 Å². The zero-order valence-corrected chi connectivity index (χ0v) is 12.8. The molecule has 2 aliphatic rings. The molecule has 2 rings (SSSR count). The molecular formula is C16H32N2. The minimum absolute atomic E-state index is 0.351. The van der Waals surface area contributed by atoms with E-state index in [4.69, 9.17) is 0 Å². The number of hydrogen-bond acceptors (Lipinski definition) is 2. The van der Waals surface area contributed by atoms with Crippen LogP contribution < -0.4 is 5.32 Å². The number of rotatable bonds is 3. The van der Waals surface area contributed by atoms with Crippen molar-refractivity contribution in [3.8, 4) is 0 Å². The normalized spacial score (nSPS) is 32.0. The Kier molecular flexibility index (Phi) is 4.71. The largest absolute Gasteiger partial charge is 0.311 e. The second kappa shape index (κ2) is 5.92. The minimum atomic E-state index is 0.351. The highest BCUT2D eigenvalue weighted by atomic mass is 15.2. The molecular weight excluding hydrogens is 220 g/mol. The van der Waals surface area contributed by atoms with Crippen LogP contribution >= 0.6 is 0 Å². The molecule has 0 spiro atoms. The van der Waals surface area contributed by atoms with E-state index in [0.29, 0.717) is 5.54 Å². The van der Waals surface area contributed by atoms with Gasteiger partial charge in [0.25, 0.3) is 0 Å². The van der Waals surface area contributed by atoms with Gasteiger partial charge in [0.05, 0.1) is 0 Å². The van der Waals surface area contributed by atoms with Gasteiger partial charge in [-0.3, -0.25) is 4.90 Å². The number of likely N-dealkylation sites (tertiary alicyclic amines) is 1. The van der Waals surface area contributed by atoms with E-state index in [1.807, 2.05) is 0 Å². The van der Waals surface area contributed by atoms with Crippen LogP contribution in [0, 0.1) is 5.92 Å². The molecule has 1 saturated carbocycles. The smallest absolute Gasteiger partial charge is 0.0125 e. The molecule has 106 valence electrons. The highest BCUT2D eigenvalue weighted by molar-refractivity contribution is 4.89. The van der Waals surface area contributed by atoms with E-state index in [1.54, 1.807) is 0 Å². The first-order chi connectivity index (χ1) is 8.50. The first-order valence-electron chi connectivity index (χ1n) is 8.02. The van der Waals surface area contributed by atoms with E-state index in [9.17, 15) is 0 Å². The highest BCUT2D eigenvalue weighted by Gasteiger charge is 2.31. The Bertz CT molecular complexity index is 248. The topological polar surface area (TPSA) is 15.3 Å². The maximum absolute atomic E-state index is 3.96. The summed E-state index contributed by atoms with van der Waals surface area (Å²) >= 11 is 0. The third-order valence-corrected chi connectivity index (χ3v) is 5.08. The lowest BCUT2D eigenvalue weighted by Gasteiger charge is -2.42. The van der Waals surface area contributed by atoms with Gasteiger partial charge in [-0.25, -0.2) is 0 Å². The summed E-state index contributed by atoms with van der Waals surface area (Å²) < 4.78 is 0. The summed E-state index contributed by atoms with van der Waals surface area (Å²) in [6, 6.07) is 1.60. The first-order valence-corrected chi connectivity index (χ1v) is 8.02. The molecule has 0 aromatic heterocycles. The van der Waals surface area contributed by atoms with Crippen molar-refractivity contribution in [2.45, 2.75) is 83.8 Å². The van der Waals surface area contributed by atoms with Crippen LogP contribution in [-0.2, 0) is 0 Å². The lowest BCUT2D eigenvalue weighted by atomic mass is 9.95. The third kappa shape index (κ3) is 3.48. The van der Waals surface area contributed by atoms with Gasteiger partial charge in [0.15, 0.2) is 0 Å². The fraction of sp³-hybridized carbons (Fsp3) is 1.00. The maximum atomic E-state index is 3.96. The maximum Gasteiger partial charge on any atom is 0.0125 e. The monoisotopic (exact) mass is 252 g/mol. The molecule has 2 heteroatoms. The van der Waals surface area contributed by atoms with Gasteiger partial charge >= 0.3 is 0 Å². The summed E-state index contributed by atoms with van der Waals surface area (Å²) in [5, 5.41) is 3.96. The van der Waals surface area contributed by atoms with Crippen LogP contribution in [0.15, 0.2) is 0 Å². The Morgan fingerprint density at radius 1 is 1.06 bits per heavy atom. The predicted molar refractivity (Wildman–Crippen MR) is 78.9 cm³/mol. The molecule has 2 unspecified atom stereocenters. The molecule has 0 radical (unpaired) electrons. The standard InChI is InChI=1S/C16H32N2/c1-5-13-7-6-8-15(13)17-14-9-11-18(12-10-14)16(2,3)4/h13-15,17H,5-12H2,1-4H3. The van der Waals surface area contributed by atoms with E-state index in [-0.39, 0.29) is 0 Å². The second-order valence-electron chi connectivity index (χ2n) is 7.30. The van der Waals surface area contributed by atoms with Crippen molar-refractivity contribution in [1.29, 1.82) is 0 Å². The molecule has 1 aliphatic heterocycles. The molecule has 2 nitrogen and oxygen atoms in total. The lowest BCUT2D eigenvalue weighted by Crippen LogP contribution is -2.52. The zero-order valence-electron chi connectivity index (χ0n) is 12.8. The second-order valence-corrected chi connectivity index (χ2v) is 7.30. The molecule has 0 aromatic rings. The molecule has 1 saturated heterocycles. The molecule has 2 atom stereocenters. The van der Waals surface area contributed by atoms with Crippen LogP contribution in [0.3, 0.4) is 0 Å². The summed E-state index contributed by atoms with van der Waals surface area (Å²) in [6.45, 7) is 11.9. The first kappa shape index (κ1) is 14.3. The van der Waals surface area contributed by atoms with Gasteiger partial charge in [-0.05, 0) is 52.4 Å². The predicted octanol–water partition coefficient (Wildman–Crippen LogP) is 3.42. The van der Waals surface area contributed by atoms with Crippen molar-refractivity contribution < 1.29 is 0 Å².